The quantitative estimate of drug-likeness (QED) is 0.842. The molecule has 0 unspecified atom stereocenters. The number of β-amino-alcohol motifs (C(OH)–C–C–N with tert-alkyl or cyclic N) is 1. The van der Waals surface area contributed by atoms with Gasteiger partial charge in [0, 0.05) is 38.9 Å². The van der Waals surface area contributed by atoms with E-state index in [2.05, 4.69) is 5.32 Å². The van der Waals surface area contributed by atoms with Crippen LogP contribution in [0.2, 0.25) is 0 Å². The molecule has 2 amide bonds. The summed E-state index contributed by atoms with van der Waals surface area (Å²) in [5.41, 5.74) is 0.773. The molecule has 0 aromatic heterocycles. The standard InChI is InChI=1S/C16H21FN2O3/c1-18-15(21)8-12-9-19(10-14(12)20)16(22)6-5-11-3-2-4-13(17)7-11/h2-4,7,12,14,20H,5-6,8-10H2,1H3,(H,18,21)/t12-,14-/m0/s1. The number of rotatable bonds is 5. The molecular formula is C16H21FN2O3. The second-order valence-electron chi connectivity index (χ2n) is 5.63. The summed E-state index contributed by atoms with van der Waals surface area (Å²) in [5.74, 6) is -0.758. The number of nitrogens with one attached hydrogen (secondary N) is 1. The molecule has 1 heterocycles. The minimum atomic E-state index is -0.671. The molecule has 2 rings (SSSR count). The Morgan fingerprint density at radius 2 is 2.18 bits per heavy atom. The predicted octanol–water partition coefficient (Wildman–Crippen LogP) is 0.714. The lowest BCUT2D eigenvalue weighted by atomic mass is 10.0. The van der Waals surface area contributed by atoms with Crippen LogP contribution in [0.15, 0.2) is 24.3 Å². The third-order valence-corrected chi connectivity index (χ3v) is 4.00. The Morgan fingerprint density at radius 1 is 1.41 bits per heavy atom. The summed E-state index contributed by atoms with van der Waals surface area (Å²) in [6, 6.07) is 6.18. The Balaban J connectivity index is 1.84. The summed E-state index contributed by atoms with van der Waals surface area (Å²) in [7, 11) is 1.55. The largest absolute Gasteiger partial charge is 0.391 e. The van der Waals surface area contributed by atoms with Crippen molar-refractivity contribution in [3.05, 3.63) is 35.6 Å². The summed E-state index contributed by atoms with van der Waals surface area (Å²) in [6.45, 7) is 0.639. The number of amides is 2. The zero-order valence-electron chi connectivity index (χ0n) is 12.6. The molecule has 1 aliphatic heterocycles. The van der Waals surface area contributed by atoms with E-state index in [9.17, 15) is 19.1 Å². The van der Waals surface area contributed by atoms with Crippen molar-refractivity contribution in [2.45, 2.75) is 25.4 Å². The van der Waals surface area contributed by atoms with Crippen LogP contribution in [0.1, 0.15) is 18.4 Å². The highest BCUT2D eigenvalue weighted by Gasteiger charge is 2.34. The van der Waals surface area contributed by atoms with Gasteiger partial charge in [-0.2, -0.15) is 0 Å². The van der Waals surface area contributed by atoms with Crippen molar-refractivity contribution in [1.29, 1.82) is 0 Å². The first-order valence-electron chi connectivity index (χ1n) is 7.40. The number of carbonyl (C=O) groups is 2. The highest BCUT2D eigenvalue weighted by molar-refractivity contribution is 5.78. The van der Waals surface area contributed by atoms with Gasteiger partial charge in [0.2, 0.25) is 11.8 Å². The molecule has 1 aliphatic rings. The van der Waals surface area contributed by atoms with E-state index in [4.69, 9.17) is 0 Å². The Morgan fingerprint density at radius 3 is 2.86 bits per heavy atom. The van der Waals surface area contributed by atoms with Crippen molar-refractivity contribution in [1.82, 2.24) is 10.2 Å². The van der Waals surface area contributed by atoms with E-state index >= 15 is 0 Å². The number of nitrogens with zero attached hydrogens (tertiary/aromatic N) is 1. The van der Waals surface area contributed by atoms with Crippen molar-refractivity contribution in [2.75, 3.05) is 20.1 Å². The highest BCUT2D eigenvalue weighted by atomic mass is 19.1. The normalized spacial score (nSPS) is 21.0. The smallest absolute Gasteiger partial charge is 0.223 e. The molecule has 1 aromatic rings. The molecule has 22 heavy (non-hydrogen) atoms. The van der Waals surface area contributed by atoms with Gasteiger partial charge in [0.15, 0.2) is 0 Å². The first kappa shape index (κ1) is 16.4. The first-order chi connectivity index (χ1) is 10.5. The van der Waals surface area contributed by atoms with Crippen LogP contribution < -0.4 is 5.32 Å². The maximum atomic E-state index is 13.1. The average molecular weight is 308 g/mol. The topological polar surface area (TPSA) is 69.6 Å². The van der Waals surface area contributed by atoms with Crippen molar-refractivity contribution < 1.29 is 19.1 Å². The van der Waals surface area contributed by atoms with E-state index < -0.39 is 6.10 Å². The fourth-order valence-corrected chi connectivity index (χ4v) is 2.70. The van der Waals surface area contributed by atoms with E-state index in [0.29, 0.717) is 13.0 Å². The van der Waals surface area contributed by atoms with Gasteiger partial charge in [0.25, 0.3) is 0 Å². The van der Waals surface area contributed by atoms with E-state index in [1.807, 2.05) is 0 Å². The van der Waals surface area contributed by atoms with Crippen LogP contribution in [0.5, 0.6) is 0 Å². The van der Waals surface area contributed by atoms with Crippen molar-refractivity contribution in [3.63, 3.8) is 0 Å². The number of halogens is 1. The number of benzene rings is 1. The molecule has 2 N–H and O–H groups in total. The van der Waals surface area contributed by atoms with Gasteiger partial charge >= 0.3 is 0 Å². The number of likely N-dealkylation sites (tertiary alicyclic amines) is 1. The summed E-state index contributed by atoms with van der Waals surface area (Å²) < 4.78 is 13.1. The number of aliphatic hydroxyl groups is 1. The van der Waals surface area contributed by atoms with Crippen LogP contribution in [0, 0.1) is 11.7 Å². The van der Waals surface area contributed by atoms with Gasteiger partial charge in [-0.25, -0.2) is 4.39 Å². The van der Waals surface area contributed by atoms with Crippen LogP contribution in [-0.4, -0.2) is 48.1 Å². The molecule has 120 valence electrons. The number of hydrogen-bond donors (Lipinski definition) is 2. The molecule has 1 fully saturated rings. The van der Waals surface area contributed by atoms with Crippen molar-refractivity contribution >= 4 is 11.8 Å². The molecule has 0 radical (unpaired) electrons. The summed E-state index contributed by atoms with van der Waals surface area (Å²) in [4.78, 5) is 25.1. The summed E-state index contributed by atoms with van der Waals surface area (Å²) in [5, 5.41) is 12.5. The Hall–Kier alpha value is -1.95. The first-order valence-corrected chi connectivity index (χ1v) is 7.40. The zero-order valence-corrected chi connectivity index (χ0v) is 12.6. The zero-order chi connectivity index (χ0) is 16.1. The van der Waals surface area contributed by atoms with Crippen LogP contribution >= 0.6 is 0 Å². The predicted molar refractivity (Wildman–Crippen MR) is 79.5 cm³/mol. The third kappa shape index (κ3) is 4.27. The molecule has 2 atom stereocenters. The van der Waals surface area contributed by atoms with Gasteiger partial charge in [-0.3, -0.25) is 9.59 Å². The molecule has 1 saturated heterocycles. The minimum absolute atomic E-state index is 0.0808. The molecule has 6 heteroatoms. The van der Waals surface area contributed by atoms with Crippen LogP contribution in [0.25, 0.3) is 0 Å². The molecule has 5 nitrogen and oxygen atoms in total. The van der Waals surface area contributed by atoms with Crippen molar-refractivity contribution in [2.24, 2.45) is 5.92 Å². The number of carbonyl (C=O) groups excluding carboxylic acids is 2. The van der Waals surface area contributed by atoms with Gasteiger partial charge in [-0.05, 0) is 24.1 Å². The number of aryl methyl sites for hydroxylation is 1. The van der Waals surface area contributed by atoms with Crippen LogP contribution in [-0.2, 0) is 16.0 Å². The molecule has 0 saturated carbocycles. The maximum absolute atomic E-state index is 13.1. The second kappa shape index (κ2) is 7.35. The van der Waals surface area contributed by atoms with E-state index in [1.54, 1.807) is 24.1 Å². The van der Waals surface area contributed by atoms with Crippen molar-refractivity contribution in [3.8, 4) is 0 Å². The van der Waals surface area contributed by atoms with E-state index in [0.717, 1.165) is 5.56 Å². The fourth-order valence-electron chi connectivity index (χ4n) is 2.70. The lowest BCUT2D eigenvalue weighted by Gasteiger charge is -2.16. The summed E-state index contributed by atoms with van der Waals surface area (Å²) >= 11 is 0. The summed E-state index contributed by atoms with van der Waals surface area (Å²) in [6.07, 6.45) is 0.271. The molecule has 0 aliphatic carbocycles. The molecule has 0 bridgehead atoms. The molecule has 1 aromatic carbocycles. The van der Waals surface area contributed by atoms with Crippen LogP contribution in [0.4, 0.5) is 4.39 Å². The highest BCUT2D eigenvalue weighted by Crippen LogP contribution is 2.21. The van der Waals surface area contributed by atoms with E-state index in [-0.39, 0.29) is 42.9 Å². The van der Waals surface area contributed by atoms with Gasteiger partial charge in [0.05, 0.1) is 6.10 Å². The molecular weight excluding hydrogens is 287 g/mol. The lowest BCUT2D eigenvalue weighted by molar-refractivity contribution is -0.130. The van der Waals surface area contributed by atoms with Gasteiger partial charge in [-0.1, -0.05) is 12.1 Å². The van der Waals surface area contributed by atoms with Gasteiger partial charge in [0.1, 0.15) is 5.82 Å². The number of hydrogen-bond acceptors (Lipinski definition) is 3. The minimum Gasteiger partial charge on any atom is -0.391 e. The fraction of sp³-hybridized carbons (Fsp3) is 0.500. The van der Waals surface area contributed by atoms with Gasteiger partial charge in [-0.15, -0.1) is 0 Å². The molecule has 0 spiro atoms. The Kier molecular flexibility index (Phi) is 5.49. The Labute approximate surface area is 129 Å². The SMILES string of the molecule is CNC(=O)C[C@H]1CN(C(=O)CCc2cccc(F)c2)C[C@@H]1O. The van der Waals surface area contributed by atoms with E-state index in [1.165, 1.54) is 12.1 Å². The van der Waals surface area contributed by atoms with Crippen LogP contribution in [0.3, 0.4) is 0 Å². The maximum Gasteiger partial charge on any atom is 0.223 e. The lowest BCUT2D eigenvalue weighted by Crippen LogP contribution is -2.30. The second-order valence-corrected chi connectivity index (χ2v) is 5.63. The average Bonchev–Trinajstić information content (AvgIpc) is 2.86. The third-order valence-electron chi connectivity index (χ3n) is 4.00. The number of aliphatic hydroxyl groups excluding tert-OH is 1. The Bertz CT molecular complexity index is 550. The monoisotopic (exact) mass is 308 g/mol. The van der Waals surface area contributed by atoms with Gasteiger partial charge < -0.3 is 15.3 Å².